The summed E-state index contributed by atoms with van der Waals surface area (Å²) < 4.78 is 0.881. The van der Waals surface area contributed by atoms with Gasteiger partial charge in [-0.2, -0.15) is 0 Å². The molecule has 0 aliphatic heterocycles. The van der Waals surface area contributed by atoms with Crippen molar-refractivity contribution >= 4 is 53.6 Å². The third kappa shape index (κ3) is 3.04. The van der Waals surface area contributed by atoms with Crippen LogP contribution in [0.25, 0.3) is 0 Å². The van der Waals surface area contributed by atoms with Crippen LogP contribution in [0.2, 0.25) is 10.0 Å². The maximum absolute atomic E-state index is 11.5. The molecule has 0 fully saturated rings. The average Bonchev–Trinajstić information content (AvgIpc) is 2.16. The number of benzene rings is 1. The molecule has 1 N–H and O–H groups in total. The van der Waals surface area contributed by atoms with Gasteiger partial charge in [0.2, 0.25) is 5.91 Å². The molecule has 0 atom stereocenters. The van der Waals surface area contributed by atoms with Crippen LogP contribution in [0.1, 0.15) is 6.92 Å². The minimum Gasteiger partial charge on any atom is -0.277 e. The molecule has 0 unspecified atom stereocenters. The van der Waals surface area contributed by atoms with E-state index in [0.29, 0.717) is 0 Å². The first kappa shape index (κ1) is 13.2. The van der Waals surface area contributed by atoms with Gasteiger partial charge in [0.25, 0.3) is 0 Å². The molecule has 0 saturated heterocycles. The summed E-state index contributed by atoms with van der Waals surface area (Å²) in [4.78, 5) is 22.2. The number of rotatable bonds is 1. The van der Waals surface area contributed by atoms with E-state index in [4.69, 9.17) is 23.2 Å². The summed E-state index contributed by atoms with van der Waals surface area (Å²) in [7, 11) is 0. The largest absolute Gasteiger partial charge is 0.338 e. The highest BCUT2D eigenvalue weighted by Crippen LogP contribution is 2.34. The van der Waals surface area contributed by atoms with Crippen LogP contribution in [0, 0.1) is 0 Å². The topological polar surface area (TPSA) is 49.4 Å². The molecule has 86 valence electrons. The molecule has 1 rings (SSSR count). The lowest BCUT2D eigenvalue weighted by Crippen LogP contribution is -2.37. The summed E-state index contributed by atoms with van der Waals surface area (Å²) in [5.41, 5.74) is 0.230. The Bertz CT molecular complexity index is 419. The number of urea groups is 1. The van der Waals surface area contributed by atoms with Crippen molar-refractivity contribution in [3.05, 3.63) is 28.2 Å². The van der Waals surface area contributed by atoms with Gasteiger partial charge < -0.3 is 0 Å². The van der Waals surface area contributed by atoms with E-state index >= 15 is 0 Å². The molecule has 0 aliphatic rings. The molecular formula is C9H8Cl2N2O2S. The Balaban J connectivity index is 3.00. The molecular weight excluding hydrogens is 271 g/mol. The van der Waals surface area contributed by atoms with Crippen LogP contribution in [0.15, 0.2) is 18.2 Å². The molecule has 0 radical (unpaired) electrons. The lowest BCUT2D eigenvalue weighted by molar-refractivity contribution is -0.117. The van der Waals surface area contributed by atoms with E-state index in [1.807, 2.05) is 5.32 Å². The van der Waals surface area contributed by atoms with Crippen molar-refractivity contribution in [2.45, 2.75) is 6.92 Å². The maximum atomic E-state index is 11.5. The van der Waals surface area contributed by atoms with E-state index in [0.717, 1.165) is 4.31 Å². The Morgan fingerprint density at radius 2 is 1.81 bits per heavy atom. The lowest BCUT2D eigenvalue weighted by Gasteiger charge is -2.17. The molecule has 0 saturated carbocycles. The number of carbonyl (C=O) groups is 2. The van der Waals surface area contributed by atoms with E-state index in [-0.39, 0.29) is 15.7 Å². The van der Waals surface area contributed by atoms with Gasteiger partial charge in [-0.15, -0.1) is 0 Å². The monoisotopic (exact) mass is 278 g/mol. The molecule has 0 aliphatic carbocycles. The second kappa shape index (κ2) is 5.43. The molecule has 1 aromatic carbocycles. The Labute approximate surface area is 108 Å². The highest BCUT2D eigenvalue weighted by molar-refractivity contribution is 7.82. The Morgan fingerprint density at radius 3 is 2.25 bits per heavy atom. The lowest BCUT2D eigenvalue weighted by atomic mass is 10.3. The van der Waals surface area contributed by atoms with Crippen LogP contribution in [-0.2, 0) is 4.79 Å². The van der Waals surface area contributed by atoms with Gasteiger partial charge >= 0.3 is 6.03 Å². The highest BCUT2D eigenvalue weighted by Gasteiger charge is 2.18. The molecule has 0 bridgehead atoms. The normalized spacial score (nSPS) is 9.75. The minimum atomic E-state index is -0.717. The number of nitrogens with one attached hydrogen (secondary N) is 1. The van der Waals surface area contributed by atoms with Crippen molar-refractivity contribution in [2.24, 2.45) is 0 Å². The van der Waals surface area contributed by atoms with E-state index in [9.17, 15) is 9.59 Å². The fourth-order valence-electron chi connectivity index (χ4n) is 0.996. The van der Waals surface area contributed by atoms with Gasteiger partial charge in [-0.1, -0.05) is 42.1 Å². The van der Waals surface area contributed by atoms with E-state index in [2.05, 4.69) is 12.8 Å². The average molecular weight is 279 g/mol. The van der Waals surface area contributed by atoms with Crippen molar-refractivity contribution in [3.8, 4) is 0 Å². The molecule has 0 heterocycles. The van der Waals surface area contributed by atoms with Crippen LogP contribution in [0.5, 0.6) is 0 Å². The summed E-state index contributed by atoms with van der Waals surface area (Å²) in [5, 5.41) is 2.58. The first-order valence-electron chi connectivity index (χ1n) is 4.18. The SMILES string of the molecule is CC(=O)NC(=O)N(S)c1c(Cl)cccc1Cl. The Morgan fingerprint density at radius 1 is 1.31 bits per heavy atom. The molecule has 4 nitrogen and oxygen atoms in total. The van der Waals surface area contributed by atoms with Crippen molar-refractivity contribution in [2.75, 3.05) is 4.31 Å². The van der Waals surface area contributed by atoms with Gasteiger partial charge in [-0.25, -0.2) is 9.10 Å². The number of para-hydroxylation sites is 1. The molecule has 16 heavy (non-hydrogen) atoms. The number of nitrogens with zero attached hydrogens (tertiary/aromatic N) is 1. The minimum absolute atomic E-state index is 0.230. The van der Waals surface area contributed by atoms with Crippen LogP contribution in [0.4, 0.5) is 10.5 Å². The summed E-state index contributed by atoms with van der Waals surface area (Å²) in [6.45, 7) is 1.22. The number of hydrogen-bond donors (Lipinski definition) is 2. The molecule has 0 spiro atoms. The van der Waals surface area contributed by atoms with Gasteiger partial charge in [0.1, 0.15) is 0 Å². The predicted octanol–water partition coefficient (Wildman–Crippen LogP) is 2.90. The van der Waals surface area contributed by atoms with Crippen LogP contribution >= 0.6 is 36.0 Å². The third-order valence-corrected chi connectivity index (χ3v) is 2.62. The molecule has 3 amide bonds. The van der Waals surface area contributed by atoms with Crippen LogP contribution in [0.3, 0.4) is 0 Å². The first-order chi connectivity index (χ1) is 7.43. The van der Waals surface area contributed by atoms with Gasteiger partial charge in [0.15, 0.2) is 0 Å². The standard InChI is InChI=1S/C9H8Cl2N2O2S/c1-5(14)12-9(15)13(16)8-6(10)3-2-4-7(8)11/h2-4,16H,1H3,(H,12,14,15). The summed E-state index contributed by atoms with van der Waals surface area (Å²) in [6, 6.07) is 4.05. The summed E-state index contributed by atoms with van der Waals surface area (Å²) in [5.74, 6) is -0.493. The van der Waals surface area contributed by atoms with Crippen LogP contribution in [-0.4, -0.2) is 11.9 Å². The predicted molar refractivity (Wildman–Crippen MR) is 67.1 cm³/mol. The zero-order valence-electron chi connectivity index (χ0n) is 8.20. The second-order valence-corrected chi connectivity index (χ2v) is 4.08. The van der Waals surface area contributed by atoms with E-state index < -0.39 is 11.9 Å². The Hall–Kier alpha value is -0.910. The van der Waals surface area contributed by atoms with Crippen molar-refractivity contribution < 1.29 is 9.59 Å². The van der Waals surface area contributed by atoms with Gasteiger partial charge in [0.05, 0.1) is 15.7 Å². The first-order valence-corrected chi connectivity index (χ1v) is 5.33. The number of carbonyl (C=O) groups excluding carboxylic acids is 2. The molecule has 7 heteroatoms. The number of imide groups is 1. The van der Waals surface area contributed by atoms with Gasteiger partial charge in [-0.3, -0.25) is 10.1 Å². The zero-order valence-corrected chi connectivity index (χ0v) is 10.6. The van der Waals surface area contributed by atoms with Crippen molar-refractivity contribution in [3.63, 3.8) is 0 Å². The second-order valence-electron chi connectivity index (χ2n) is 2.87. The maximum Gasteiger partial charge on any atom is 0.338 e. The molecule has 1 aromatic rings. The smallest absolute Gasteiger partial charge is 0.277 e. The van der Waals surface area contributed by atoms with Crippen molar-refractivity contribution in [1.82, 2.24) is 5.32 Å². The number of amides is 3. The van der Waals surface area contributed by atoms with Crippen molar-refractivity contribution in [1.29, 1.82) is 0 Å². The van der Waals surface area contributed by atoms with Gasteiger partial charge in [-0.05, 0) is 12.1 Å². The quantitative estimate of drug-likeness (QED) is 0.776. The summed E-state index contributed by atoms with van der Waals surface area (Å²) in [6.07, 6.45) is 0. The fraction of sp³-hybridized carbons (Fsp3) is 0.111. The fourth-order valence-corrected chi connectivity index (χ4v) is 1.95. The molecule has 0 aromatic heterocycles. The Kier molecular flexibility index (Phi) is 4.46. The summed E-state index contributed by atoms with van der Waals surface area (Å²) >= 11 is 15.7. The highest BCUT2D eigenvalue weighted by atomic mass is 35.5. The number of anilines is 1. The number of thiol groups is 1. The van der Waals surface area contributed by atoms with E-state index in [1.165, 1.54) is 6.92 Å². The van der Waals surface area contributed by atoms with Gasteiger partial charge in [0, 0.05) is 6.92 Å². The third-order valence-electron chi connectivity index (χ3n) is 1.62. The zero-order chi connectivity index (χ0) is 12.3. The van der Waals surface area contributed by atoms with E-state index in [1.54, 1.807) is 18.2 Å². The number of hydrogen-bond acceptors (Lipinski definition) is 3. The number of halogens is 2. The van der Waals surface area contributed by atoms with Crippen LogP contribution < -0.4 is 9.62 Å².